The molecular weight excluding hydrogens is 304 g/mol. The molecule has 2 aliphatic carbocycles. The summed E-state index contributed by atoms with van der Waals surface area (Å²) in [5, 5.41) is 2.89. The second-order valence-corrected chi connectivity index (χ2v) is 7.48. The van der Waals surface area contributed by atoms with Crippen molar-refractivity contribution < 1.29 is 9.59 Å². The molecule has 2 atom stereocenters. The first kappa shape index (κ1) is 14.9. The molecule has 1 amide bonds. The van der Waals surface area contributed by atoms with Crippen molar-refractivity contribution in [1.82, 2.24) is 10.2 Å². The number of ketones is 1. The van der Waals surface area contributed by atoms with Crippen molar-refractivity contribution in [1.29, 1.82) is 0 Å². The van der Waals surface area contributed by atoms with Crippen LogP contribution in [0.1, 0.15) is 6.92 Å². The minimum atomic E-state index is -0.186. The van der Waals surface area contributed by atoms with Gasteiger partial charge in [-0.05, 0) is 24.1 Å². The molecule has 0 saturated carbocycles. The van der Waals surface area contributed by atoms with Crippen LogP contribution in [0.3, 0.4) is 0 Å². The predicted octanol–water partition coefficient (Wildman–Crippen LogP) is 1.81. The van der Waals surface area contributed by atoms with Gasteiger partial charge in [0, 0.05) is 18.1 Å². The van der Waals surface area contributed by atoms with Crippen molar-refractivity contribution in [3.63, 3.8) is 0 Å². The summed E-state index contributed by atoms with van der Waals surface area (Å²) in [6.07, 6.45) is 0. The Morgan fingerprint density at radius 3 is 2.52 bits per heavy atom. The third-order valence-corrected chi connectivity index (χ3v) is 5.92. The van der Waals surface area contributed by atoms with Crippen molar-refractivity contribution in [2.75, 3.05) is 23.9 Å². The number of hydrogen-bond acceptors (Lipinski definition) is 5. The van der Waals surface area contributed by atoms with E-state index in [2.05, 4.69) is 29.6 Å². The normalized spacial score (nSPS) is 25.3. The van der Waals surface area contributed by atoms with Crippen molar-refractivity contribution in [2.24, 2.45) is 0 Å². The van der Waals surface area contributed by atoms with E-state index in [9.17, 15) is 9.59 Å². The van der Waals surface area contributed by atoms with Crippen molar-refractivity contribution in [2.45, 2.75) is 18.3 Å². The number of amides is 1. The molecule has 2 saturated heterocycles. The number of nitrogens with one attached hydrogen (secondary N) is 1. The van der Waals surface area contributed by atoms with E-state index in [1.807, 2.05) is 4.90 Å². The first-order valence-corrected chi connectivity index (χ1v) is 9.20. The van der Waals surface area contributed by atoms with E-state index in [-0.39, 0.29) is 23.1 Å². The molecule has 0 aromatic carbocycles. The van der Waals surface area contributed by atoms with Crippen LogP contribution >= 0.6 is 23.5 Å². The Morgan fingerprint density at radius 1 is 1.33 bits per heavy atom. The average molecular weight is 322 g/mol. The zero-order valence-electron chi connectivity index (χ0n) is 11.9. The van der Waals surface area contributed by atoms with E-state index in [0.29, 0.717) is 5.75 Å². The average Bonchev–Trinajstić information content (AvgIpc) is 3.01. The lowest BCUT2D eigenvalue weighted by Crippen LogP contribution is -2.46. The molecule has 0 radical (unpaired) electrons. The summed E-state index contributed by atoms with van der Waals surface area (Å²) in [6, 6.07) is 8.32. The molecule has 4 nitrogen and oxygen atoms in total. The lowest BCUT2D eigenvalue weighted by Gasteiger charge is -2.19. The van der Waals surface area contributed by atoms with Crippen LogP contribution in [-0.4, -0.2) is 51.9 Å². The minimum absolute atomic E-state index is 0.103. The van der Waals surface area contributed by atoms with Gasteiger partial charge >= 0.3 is 0 Å². The van der Waals surface area contributed by atoms with Gasteiger partial charge in [0.05, 0.1) is 11.9 Å². The van der Waals surface area contributed by atoms with E-state index in [1.165, 1.54) is 22.9 Å². The first-order chi connectivity index (χ1) is 10.1. The number of carbonyl (C=O) groups is 2. The number of benzene rings is 1. The number of rotatable bonds is 2. The maximum atomic E-state index is 11.9. The molecule has 0 aromatic rings. The number of thioether (sulfide) groups is 2. The lowest BCUT2D eigenvalue weighted by atomic mass is 10.3. The number of fused-ring (bicyclic) bond motifs is 1. The smallest absolute Gasteiger partial charge is 0.241 e. The Labute approximate surface area is 133 Å². The van der Waals surface area contributed by atoms with Crippen LogP contribution in [0.2, 0.25) is 0 Å². The number of carbonyl (C=O) groups excluding carboxylic acids is 2. The van der Waals surface area contributed by atoms with Gasteiger partial charge < -0.3 is 4.90 Å². The maximum Gasteiger partial charge on any atom is 0.241 e. The molecule has 0 bridgehead atoms. The summed E-state index contributed by atoms with van der Waals surface area (Å²) in [7, 11) is 0. The lowest BCUT2D eigenvalue weighted by molar-refractivity contribution is -0.131. The van der Waals surface area contributed by atoms with E-state index >= 15 is 0 Å². The summed E-state index contributed by atoms with van der Waals surface area (Å²) in [4.78, 5) is 24.9. The van der Waals surface area contributed by atoms with Gasteiger partial charge in [0.15, 0.2) is 5.78 Å². The zero-order chi connectivity index (χ0) is 14.8. The molecule has 1 N–H and O–H groups in total. The van der Waals surface area contributed by atoms with Crippen molar-refractivity contribution in [3.05, 3.63) is 24.3 Å². The number of hydrogen-bond donors (Lipinski definition) is 1. The van der Waals surface area contributed by atoms with Crippen LogP contribution < -0.4 is 5.32 Å². The van der Waals surface area contributed by atoms with Crippen LogP contribution in [0.5, 0.6) is 0 Å². The maximum absolute atomic E-state index is 11.9. The van der Waals surface area contributed by atoms with Crippen molar-refractivity contribution >= 4 is 35.2 Å². The monoisotopic (exact) mass is 322 g/mol. The molecular formula is C15H18N2O2S2. The standard InChI is InChI=1S/C9H14N2O2S2.C6H4/c1-6(12)8-10-7(4-15-8)9(13)11-2-3-14-5-11;1-2-5-4-6(5)3-1/h7-8,10H,2-5H2,1H3;1-4H. The van der Waals surface area contributed by atoms with Crippen molar-refractivity contribution in [3.8, 4) is 11.1 Å². The van der Waals surface area contributed by atoms with Crippen LogP contribution in [0.25, 0.3) is 11.1 Å². The SMILES string of the molecule is CC(=O)C1NC(C(=O)N2CCSC2)CS1.c1cc2cc-2c1. The fourth-order valence-electron chi connectivity index (χ4n) is 2.33. The second-order valence-electron chi connectivity index (χ2n) is 5.26. The molecule has 2 unspecified atom stereocenters. The van der Waals surface area contributed by atoms with E-state index < -0.39 is 0 Å². The van der Waals surface area contributed by atoms with E-state index in [0.717, 1.165) is 18.2 Å². The number of nitrogens with zero attached hydrogens (tertiary/aromatic N) is 1. The molecule has 4 aliphatic rings. The fourth-order valence-corrected chi connectivity index (χ4v) is 4.41. The molecule has 0 spiro atoms. The molecule has 0 aromatic heterocycles. The van der Waals surface area contributed by atoms with Gasteiger partial charge in [0.25, 0.3) is 0 Å². The Bertz CT molecular complexity index is 541. The highest BCUT2D eigenvalue weighted by Crippen LogP contribution is 2.32. The highest BCUT2D eigenvalue weighted by Gasteiger charge is 2.35. The molecule has 2 aliphatic heterocycles. The first-order valence-electron chi connectivity index (χ1n) is 7.00. The Hall–Kier alpha value is -0.980. The van der Waals surface area contributed by atoms with E-state index in [1.54, 1.807) is 18.7 Å². The van der Waals surface area contributed by atoms with Crippen LogP contribution in [0.4, 0.5) is 0 Å². The fraction of sp³-hybridized carbons (Fsp3) is 0.467. The summed E-state index contributed by atoms with van der Waals surface area (Å²) in [6.45, 7) is 2.40. The zero-order valence-corrected chi connectivity index (χ0v) is 13.5. The molecule has 2 fully saturated rings. The summed E-state index contributed by atoms with van der Waals surface area (Å²) < 4.78 is 0. The van der Waals surface area contributed by atoms with Crippen LogP contribution in [0.15, 0.2) is 24.3 Å². The Morgan fingerprint density at radius 2 is 2.10 bits per heavy atom. The molecule has 2 heterocycles. The quantitative estimate of drug-likeness (QED) is 0.914. The third kappa shape index (κ3) is 3.62. The summed E-state index contributed by atoms with van der Waals surface area (Å²) in [5.74, 6) is 2.79. The molecule has 112 valence electrons. The highest BCUT2D eigenvalue weighted by atomic mass is 32.2. The Kier molecular flexibility index (Phi) is 4.57. The van der Waals surface area contributed by atoms with Gasteiger partial charge in [-0.2, -0.15) is 0 Å². The third-order valence-electron chi connectivity index (χ3n) is 3.63. The van der Waals surface area contributed by atoms with Gasteiger partial charge in [0.1, 0.15) is 5.37 Å². The highest BCUT2D eigenvalue weighted by molar-refractivity contribution is 8.00. The largest absolute Gasteiger partial charge is 0.331 e. The van der Waals surface area contributed by atoms with Gasteiger partial charge in [-0.25, -0.2) is 0 Å². The Balaban J connectivity index is 0.000000180. The van der Waals surface area contributed by atoms with Gasteiger partial charge in [0.2, 0.25) is 5.91 Å². The van der Waals surface area contributed by atoms with Crippen LogP contribution in [0, 0.1) is 0 Å². The van der Waals surface area contributed by atoms with E-state index in [4.69, 9.17) is 0 Å². The predicted molar refractivity (Wildman–Crippen MR) is 88.3 cm³/mol. The van der Waals surface area contributed by atoms with Gasteiger partial charge in [-0.15, -0.1) is 23.5 Å². The second kappa shape index (κ2) is 6.42. The molecule has 6 heteroatoms. The molecule has 4 rings (SSSR count). The summed E-state index contributed by atoms with van der Waals surface area (Å²) >= 11 is 3.31. The topological polar surface area (TPSA) is 49.4 Å². The summed E-state index contributed by atoms with van der Waals surface area (Å²) in [5.41, 5.74) is 2.85. The molecule has 21 heavy (non-hydrogen) atoms. The van der Waals surface area contributed by atoms with Crippen LogP contribution in [-0.2, 0) is 9.59 Å². The van der Waals surface area contributed by atoms with Gasteiger partial charge in [-0.3, -0.25) is 14.9 Å². The minimum Gasteiger partial charge on any atom is -0.331 e. The van der Waals surface area contributed by atoms with Gasteiger partial charge in [-0.1, -0.05) is 18.2 Å². The number of Topliss-reactive ketones (excluding diaryl/α,β-unsaturated/α-hetero) is 1.